The Hall–Kier alpha value is -1.97. The van der Waals surface area contributed by atoms with E-state index in [1.807, 2.05) is 0 Å². The number of aryl methyl sites for hydroxylation is 1. The third kappa shape index (κ3) is 1.48. The van der Waals surface area contributed by atoms with Gasteiger partial charge in [-0.1, -0.05) is 6.07 Å². The van der Waals surface area contributed by atoms with Gasteiger partial charge in [0, 0.05) is 17.7 Å². The van der Waals surface area contributed by atoms with Gasteiger partial charge in [0.2, 0.25) is 0 Å². The van der Waals surface area contributed by atoms with Crippen molar-refractivity contribution in [3.8, 4) is 0 Å². The van der Waals surface area contributed by atoms with Gasteiger partial charge < -0.3 is 4.98 Å². The number of H-pyrrole nitrogens is 1. The topological polar surface area (TPSA) is 49.9 Å². The zero-order chi connectivity index (χ0) is 12.0. The second-order valence-corrected chi connectivity index (χ2v) is 4.27. The number of ketones is 1. The summed E-state index contributed by atoms with van der Waals surface area (Å²) in [7, 11) is 0. The largest absolute Gasteiger partial charge is 0.325 e. The Morgan fingerprint density at radius 3 is 2.76 bits per heavy atom. The number of Topliss-reactive ketones (excluding diaryl/α,β-unsaturated/α-hetero) is 1. The fraction of sp³-hybridized carbons (Fsp3) is 0.231. The molecule has 86 valence electrons. The zero-order valence-corrected chi connectivity index (χ0v) is 9.05. The number of hydrogen-bond donors (Lipinski definition) is 1. The van der Waals surface area contributed by atoms with E-state index in [0.29, 0.717) is 29.5 Å². The fourth-order valence-electron chi connectivity index (χ4n) is 2.41. The Bertz CT molecular complexity index is 688. The van der Waals surface area contributed by atoms with Crippen LogP contribution < -0.4 is 5.56 Å². The molecule has 3 nitrogen and oxygen atoms in total. The number of aromatic amines is 1. The smallest absolute Gasteiger partial charge is 0.256 e. The first-order valence-corrected chi connectivity index (χ1v) is 5.54. The van der Waals surface area contributed by atoms with Gasteiger partial charge in [0.05, 0.1) is 5.39 Å². The normalized spacial score (nSPS) is 15.0. The molecule has 1 N–H and O–H groups in total. The Morgan fingerprint density at radius 1 is 1.12 bits per heavy atom. The first kappa shape index (κ1) is 10.2. The molecule has 0 radical (unpaired) electrons. The lowest BCUT2D eigenvalue weighted by Crippen LogP contribution is -2.19. The lowest BCUT2D eigenvalue weighted by Gasteiger charge is -2.16. The van der Waals surface area contributed by atoms with E-state index in [-0.39, 0.29) is 16.7 Å². The number of carbonyl (C=O) groups is 1. The lowest BCUT2D eigenvalue weighted by atomic mass is 9.91. The SMILES string of the molecule is O=C1CCCc2[nH]c(=O)c3cc(F)ccc3c21. The van der Waals surface area contributed by atoms with Crippen LogP contribution in [0.2, 0.25) is 0 Å². The van der Waals surface area contributed by atoms with Crippen LogP contribution in [0.15, 0.2) is 23.0 Å². The summed E-state index contributed by atoms with van der Waals surface area (Å²) in [5.74, 6) is -0.440. The van der Waals surface area contributed by atoms with Gasteiger partial charge in [0.1, 0.15) is 5.82 Å². The van der Waals surface area contributed by atoms with Crippen molar-refractivity contribution in [3.63, 3.8) is 0 Å². The molecular formula is C13H10FNO2. The van der Waals surface area contributed by atoms with Crippen LogP contribution in [0.3, 0.4) is 0 Å². The predicted octanol–water partition coefficient (Wildman–Crippen LogP) is 2.19. The molecule has 1 aliphatic rings. The van der Waals surface area contributed by atoms with Crippen LogP contribution >= 0.6 is 0 Å². The lowest BCUT2D eigenvalue weighted by molar-refractivity contribution is 0.0973. The third-order valence-corrected chi connectivity index (χ3v) is 3.17. The van der Waals surface area contributed by atoms with Gasteiger partial charge in [-0.3, -0.25) is 9.59 Å². The molecular weight excluding hydrogens is 221 g/mol. The first-order chi connectivity index (χ1) is 8.16. The van der Waals surface area contributed by atoms with Crippen molar-refractivity contribution in [2.24, 2.45) is 0 Å². The Balaban J connectivity index is 2.48. The van der Waals surface area contributed by atoms with Crippen molar-refractivity contribution < 1.29 is 9.18 Å². The molecule has 0 amide bonds. The minimum atomic E-state index is -0.466. The van der Waals surface area contributed by atoms with Crippen LogP contribution in [0.5, 0.6) is 0 Å². The zero-order valence-electron chi connectivity index (χ0n) is 9.05. The van der Waals surface area contributed by atoms with Crippen LogP contribution in [-0.2, 0) is 6.42 Å². The van der Waals surface area contributed by atoms with E-state index in [9.17, 15) is 14.0 Å². The molecule has 1 aromatic heterocycles. The molecule has 1 heterocycles. The quantitative estimate of drug-likeness (QED) is 0.755. The molecule has 17 heavy (non-hydrogen) atoms. The molecule has 2 aromatic rings. The highest BCUT2D eigenvalue weighted by Crippen LogP contribution is 2.25. The van der Waals surface area contributed by atoms with Crippen molar-refractivity contribution in [2.45, 2.75) is 19.3 Å². The average molecular weight is 231 g/mol. The highest BCUT2D eigenvalue weighted by molar-refractivity contribution is 6.09. The van der Waals surface area contributed by atoms with Gasteiger partial charge in [-0.15, -0.1) is 0 Å². The second kappa shape index (κ2) is 3.52. The summed E-state index contributed by atoms with van der Waals surface area (Å²) in [4.78, 5) is 26.3. The van der Waals surface area contributed by atoms with Gasteiger partial charge in [-0.05, 0) is 30.4 Å². The minimum absolute atomic E-state index is 0.0270. The van der Waals surface area contributed by atoms with E-state index in [0.717, 1.165) is 6.42 Å². The Morgan fingerprint density at radius 2 is 1.94 bits per heavy atom. The van der Waals surface area contributed by atoms with Crippen molar-refractivity contribution in [3.05, 3.63) is 45.6 Å². The molecule has 0 spiro atoms. The summed E-state index contributed by atoms with van der Waals surface area (Å²) < 4.78 is 13.1. The van der Waals surface area contributed by atoms with Crippen molar-refractivity contribution in [2.75, 3.05) is 0 Å². The summed E-state index contributed by atoms with van der Waals surface area (Å²) in [6.45, 7) is 0. The molecule has 1 aliphatic carbocycles. The minimum Gasteiger partial charge on any atom is -0.325 e. The van der Waals surface area contributed by atoms with Crippen LogP contribution in [0.1, 0.15) is 28.9 Å². The van der Waals surface area contributed by atoms with E-state index in [1.165, 1.54) is 18.2 Å². The standard InChI is InChI=1S/C13H10FNO2/c14-7-4-5-8-9(6-7)13(17)15-10-2-1-3-11(16)12(8)10/h4-6H,1-3H2,(H,15,17). The van der Waals surface area contributed by atoms with Gasteiger partial charge in [0.25, 0.3) is 5.56 Å². The summed E-state index contributed by atoms with van der Waals surface area (Å²) >= 11 is 0. The maximum atomic E-state index is 13.1. The molecule has 0 fully saturated rings. The van der Waals surface area contributed by atoms with E-state index >= 15 is 0 Å². The molecule has 3 rings (SSSR count). The number of halogens is 1. The number of fused-ring (bicyclic) bond motifs is 3. The Kier molecular flexibility index (Phi) is 2.11. The number of aromatic nitrogens is 1. The highest BCUT2D eigenvalue weighted by atomic mass is 19.1. The molecule has 0 aliphatic heterocycles. The maximum Gasteiger partial charge on any atom is 0.256 e. The molecule has 0 bridgehead atoms. The van der Waals surface area contributed by atoms with Crippen LogP contribution in [0.25, 0.3) is 10.8 Å². The molecule has 0 unspecified atom stereocenters. The predicted molar refractivity (Wildman–Crippen MR) is 61.8 cm³/mol. The molecule has 0 saturated heterocycles. The van der Waals surface area contributed by atoms with E-state index in [1.54, 1.807) is 0 Å². The number of pyridine rings is 1. The second-order valence-electron chi connectivity index (χ2n) is 4.27. The number of rotatable bonds is 0. The first-order valence-electron chi connectivity index (χ1n) is 5.54. The van der Waals surface area contributed by atoms with Crippen molar-refractivity contribution >= 4 is 16.6 Å². The maximum absolute atomic E-state index is 13.1. The van der Waals surface area contributed by atoms with Gasteiger partial charge in [0.15, 0.2) is 5.78 Å². The fourth-order valence-corrected chi connectivity index (χ4v) is 2.41. The Labute approximate surface area is 96.3 Å². The van der Waals surface area contributed by atoms with E-state index in [2.05, 4.69) is 4.98 Å². The van der Waals surface area contributed by atoms with E-state index in [4.69, 9.17) is 0 Å². The monoisotopic (exact) mass is 231 g/mol. The summed E-state index contributed by atoms with van der Waals surface area (Å²) in [5.41, 5.74) is 0.921. The van der Waals surface area contributed by atoms with Crippen LogP contribution in [0, 0.1) is 5.82 Å². The number of nitrogens with one attached hydrogen (secondary N) is 1. The highest BCUT2D eigenvalue weighted by Gasteiger charge is 2.21. The molecule has 0 saturated carbocycles. The van der Waals surface area contributed by atoms with Crippen LogP contribution in [-0.4, -0.2) is 10.8 Å². The van der Waals surface area contributed by atoms with Gasteiger partial charge in [-0.2, -0.15) is 0 Å². The number of carbonyl (C=O) groups excluding carboxylic acids is 1. The van der Waals surface area contributed by atoms with Gasteiger partial charge in [-0.25, -0.2) is 4.39 Å². The molecule has 0 atom stereocenters. The number of benzene rings is 1. The third-order valence-electron chi connectivity index (χ3n) is 3.17. The average Bonchev–Trinajstić information content (AvgIpc) is 2.30. The van der Waals surface area contributed by atoms with Crippen molar-refractivity contribution in [1.29, 1.82) is 0 Å². The summed E-state index contributed by atoms with van der Waals surface area (Å²) in [5, 5.41) is 0.814. The van der Waals surface area contributed by atoms with Crippen LogP contribution in [0.4, 0.5) is 4.39 Å². The van der Waals surface area contributed by atoms with Gasteiger partial charge >= 0.3 is 0 Å². The summed E-state index contributed by atoms with van der Waals surface area (Å²) in [6.07, 6.45) is 1.95. The number of hydrogen-bond acceptors (Lipinski definition) is 2. The molecule has 1 aromatic carbocycles. The molecule has 4 heteroatoms. The van der Waals surface area contributed by atoms with Crippen molar-refractivity contribution in [1.82, 2.24) is 4.98 Å². The summed E-state index contributed by atoms with van der Waals surface area (Å²) in [6, 6.07) is 3.97. The van der Waals surface area contributed by atoms with E-state index < -0.39 is 5.82 Å².